The third kappa shape index (κ3) is 1.44. The number of esters is 1. The fourth-order valence-electron chi connectivity index (χ4n) is 1.93. The summed E-state index contributed by atoms with van der Waals surface area (Å²) in [6.45, 7) is 0. The predicted molar refractivity (Wildman–Crippen MR) is 63.1 cm³/mol. The number of hydrogen-bond acceptors (Lipinski definition) is 4. The minimum absolute atomic E-state index is 0.159. The zero-order chi connectivity index (χ0) is 13.5. The fourth-order valence-corrected chi connectivity index (χ4v) is 2.30. The maximum absolute atomic E-state index is 12.1. The molecule has 0 bridgehead atoms. The highest BCUT2D eigenvalue weighted by Gasteiger charge is 2.55. The number of benzene rings is 1. The van der Waals surface area contributed by atoms with Gasteiger partial charge in [-0.05, 0) is 6.07 Å². The van der Waals surface area contributed by atoms with E-state index < -0.39 is 22.7 Å². The van der Waals surface area contributed by atoms with Gasteiger partial charge in [-0.2, -0.15) is 0 Å². The maximum atomic E-state index is 12.1. The van der Waals surface area contributed by atoms with Crippen molar-refractivity contribution in [3.8, 4) is 0 Å². The average molecular weight is 268 g/mol. The second kappa shape index (κ2) is 4.10. The Balaban J connectivity index is 2.74. The smallest absolute Gasteiger partial charge is 0.341 e. The molecule has 2 rings (SSSR count). The lowest BCUT2D eigenvalue weighted by molar-refractivity contribution is -0.151. The molecule has 0 aliphatic carbocycles. The van der Waals surface area contributed by atoms with Gasteiger partial charge in [-0.1, -0.05) is 29.8 Å². The molecule has 5 nitrogen and oxygen atoms in total. The Bertz CT molecular complexity index is 557. The van der Waals surface area contributed by atoms with Crippen LogP contribution in [0.15, 0.2) is 24.3 Å². The lowest BCUT2D eigenvalue weighted by Gasteiger charge is -2.33. The van der Waals surface area contributed by atoms with Crippen molar-refractivity contribution >= 4 is 29.4 Å². The van der Waals surface area contributed by atoms with Crippen LogP contribution >= 0.6 is 11.6 Å². The lowest BCUT2D eigenvalue weighted by atomic mass is 9.88. The molecule has 1 atom stereocenters. The molecule has 6 heteroatoms. The van der Waals surface area contributed by atoms with Crippen molar-refractivity contribution in [1.82, 2.24) is 4.90 Å². The molecule has 1 aliphatic heterocycles. The van der Waals surface area contributed by atoms with E-state index >= 15 is 0 Å². The molecule has 1 aromatic rings. The number of rotatable bonds is 1. The first-order valence-corrected chi connectivity index (χ1v) is 5.51. The van der Waals surface area contributed by atoms with Crippen LogP contribution in [-0.4, -0.2) is 36.8 Å². The number of carbonyl (C=O) groups is 3. The third-order valence-electron chi connectivity index (χ3n) is 2.90. The van der Waals surface area contributed by atoms with E-state index in [0.29, 0.717) is 0 Å². The standard InChI is InChI=1S/C12H10ClNO4/c1-14-9(15)7-5-3-4-6-8(7)12(13,10(14)16)11(17)18-2/h3-6H,1-2H3. The summed E-state index contributed by atoms with van der Waals surface area (Å²) in [5, 5.41) is 0. The van der Waals surface area contributed by atoms with Crippen LogP contribution in [0.3, 0.4) is 0 Å². The summed E-state index contributed by atoms with van der Waals surface area (Å²) in [7, 11) is 2.42. The van der Waals surface area contributed by atoms with E-state index in [-0.39, 0.29) is 11.1 Å². The number of nitrogens with zero attached hydrogens (tertiary/aromatic N) is 1. The molecular weight excluding hydrogens is 258 g/mol. The minimum Gasteiger partial charge on any atom is -0.467 e. The molecule has 0 radical (unpaired) electrons. The molecule has 0 N–H and O–H groups in total. The number of amides is 2. The van der Waals surface area contributed by atoms with Crippen molar-refractivity contribution in [3.05, 3.63) is 35.4 Å². The molecule has 1 heterocycles. The van der Waals surface area contributed by atoms with E-state index in [1.807, 2.05) is 0 Å². The molecule has 94 valence electrons. The molecule has 0 fully saturated rings. The number of methoxy groups -OCH3 is 1. The summed E-state index contributed by atoms with van der Waals surface area (Å²) >= 11 is 6.15. The zero-order valence-corrected chi connectivity index (χ0v) is 10.5. The van der Waals surface area contributed by atoms with Gasteiger partial charge in [0.05, 0.1) is 7.11 Å². The van der Waals surface area contributed by atoms with Crippen LogP contribution in [0.2, 0.25) is 0 Å². The van der Waals surface area contributed by atoms with Crippen molar-refractivity contribution in [3.63, 3.8) is 0 Å². The summed E-state index contributed by atoms with van der Waals surface area (Å²) in [6, 6.07) is 6.22. The van der Waals surface area contributed by atoms with Crippen molar-refractivity contribution in [2.75, 3.05) is 14.2 Å². The van der Waals surface area contributed by atoms with Gasteiger partial charge in [0.1, 0.15) is 0 Å². The first kappa shape index (κ1) is 12.6. The monoisotopic (exact) mass is 267 g/mol. The van der Waals surface area contributed by atoms with Crippen LogP contribution in [0.25, 0.3) is 0 Å². The average Bonchev–Trinajstić information content (AvgIpc) is 2.41. The molecule has 0 aromatic heterocycles. The number of likely N-dealkylation sites (N-methyl/N-ethyl adjacent to an activating group) is 1. The van der Waals surface area contributed by atoms with Crippen molar-refractivity contribution in [2.45, 2.75) is 4.87 Å². The summed E-state index contributed by atoms with van der Waals surface area (Å²) in [6.07, 6.45) is 0. The topological polar surface area (TPSA) is 63.7 Å². The number of halogens is 1. The second-order valence-electron chi connectivity index (χ2n) is 3.86. The Hall–Kier alpha value is -1.88. The van der Waals surface area contributed by atoms with E-state index in [9.17, 15) is 14.4 Å². The normalized spacial score (nSPS) is 22.7. The summed E-state index contributed by atoms with van der Waals surface area (Å²) in [4.78, 5) is 34.6. The molecule has 0 spiro atoms. The van der Waals surface area contributed by atoms with Crippen LogP contribution in [0.5, 0.6) is 0 Å². The maximum Gasteiger partial charge on any atom is 0.341 e. The van der Waals surface area contributed by atoms with E-state index in [2.05, 4.69) is 4.74 Å². The van der Waals surface area contributed by atoms with E-state index in [1.54, 1.807) is 12.1 Å². The van der Waals surface area contributed by atoms with E-state index in [0.717, 1.165) is 12.0 Å². The number of ether oxygens (including phenoxy) is 1. The van der Waals surface area contributed by atoms with Gasteiger partial charge in [0.15, 0.2) is 0 Å². The van der Waals surface area contributed by atoms with Gasteiger partial charge < -0.3 is 4.74 Å². The van der Waals surface area contributed by atoms with Gasteiger partial charge in [-0.25, -0.2) is 4.79 Å². The fraction of sp³-hybridized carbons (Fsp3) is 0.250. The van der Waals surface area contributed by atoms with Crippen molar-refractivity contribution in [2.24, 2.45) is 0 Å². The van der Waals surface area contributed by atoms with Gasteiger partial charge in [-0.3, -0.25) is 14.5 Å². The molecule has 0 saturated carbocycles. The molecule has 2 amide bonds. The Kier molecular flexibility index (Phi) is 2.86. The lowest BCUT2D eigenvalue weighted by Crippen LogP contribution is -2.54. The minimum atomic E-state index is -1.99. The molecule has 1 aliphatic rings. The molecular formula is C12H10ClNO4. The van der Waals surface area contributed by atoms with Crippen LogP contribution in [0, 0.1) is 0 Å². The number of hydrogen-bond donors (Lipinski definition) is 0. The Labute approximate surface area is 108 Å². The Morgan fingerprint density at radius 1 is 1.33 bits per heavy atom. The quantitative estimate of drug-likeness (QED) is 0.328. The Morgan fingerprint density at radius 2 is 1.94 bits per heavy atom. The predicted octanol–water partition coefficient (Wildman–Crippen LogP) is 0.906. The van der Waals surface area contributed by atoms with Gasteiger partial charge in [0.2, 0.25) is 4.87 Å². The summed E-state index contributed by atoms with van der Waals surface area (Å²) in [5.41, 5.74) is 0.381. The van der Waals surface area contributed by atoms with Crippen LogP contribution in [-0.2, 0) is 19.2 Å². The first-order valence-electron chi connectivity index (χ1n) is 5.14. The zero-order valence-electron chi connectivity index (χ0n) is 9.77. The van der Waals surface area contributed by atoms with Crippen molar-refractivity contribution < 1.29 is 19.1 Å². The highest BCUT2D eigenvalue weighted by Crippen LogP contribution is 2.38. The number of fused-ring (bicyclic) bond motifs is 1. The molecule has 18 heavy (non-hydrogen) atoms. The SMILES string of the molecule is COC(=O)C1(Cl)C(=O)N(C)C(=O)c2ccccc21. The summed E-state index contributed by atoms with van der Waals surface area (Å²) in [5.74, 6) is -2.20. The van der Waals surface area contributed by atoms with Gasteiger partial charge in [0, 0.05) is 18.2 Å². The number of alkyl halides is 1. The summed E-state index contributed by atoms with van der Waals surface area (Å²) < 4.78 is 4.57. The number of carbonyl (C=O) groups excluding carboxylic acids is 3. The first-order chi connectivity index (χ1) is 8.44. The molecule has 1 unspecified atom stereocenters. The van der Waals surface area contributed by atoms with Crippen LogP contribution < -0.4 is 0 Å². The van der Waals surface area contributed by atoms with Gasteiger partial charge >= 0.3 is 5.97 Å². The second-order valence-corrected chi connectivity index (χ2v) is 4.43. The third-order valence-corrected chi connectivity index (χ3v) is 3.42. The highest BCUT2D eigenvalue weighted by atomic mass is 35.5. The molecule has 1 aromatic carbocycles. The van der Waals surface area contributed by atoms with E-state index in [1.165, 1.54) is 19.2 Å². The largest absolute Gasteiger partial charge is 0.467 e. The highest BCUT2D eigenvalue weighted by molar-refractivity contribution is 6.47. The van der Waals surface area contributed by atoms with Crippen molar-refractivity contribution in [1.29, 1.82) is 0 Å². The number of imide groups is 1. The van der Waals surface area contributed by atoms with Gasteiger partial charge in [-0.15, -0.1) is 0 Å². The van der Waals surface area contributed by atoms with Gasteiger partial charge in [0.25, 0.3) is 11.8 Å². The van der Waals surface area contributed by atoms with Crippen LogP contribution in [0.4, 0.5) is 0 Å². The Morgan fingerprint density at radius 3 is 2.56 bits per heavy atom. The molecule has 0 saturated heterocycles. The van der Waals surface area contributed by atoms with Crippen LogP contribution in [0.1, 0.15) is 15.9 Å². The van der Waals surface area contributed by atoms with E-state index in [4.69, 9.17) is 11.6 Å².